The molecule has 49 heavy (non-hydrogen) atoms. The van der Waals surface area contributed by atoms with E-state index in [4.69, 9.17) is 16.3 Å². The van der Waals surface area contributed by atoms with Gasteiger partial charge < -0.3 is 15.0 Å². The minimum Gasteiger partial charge on any atom is -0.497 e. The number of methoxy groups -OCH3 is 1. The third-order valence-electron chi connectivity index (χ3n) is 7.64. The molecule has 0 unspecified atom stereocenters. The molecular weight excluding hydrogens is 668 g/mol. The number of halogens is 1. The monoisotopic (exact) mass is 706 g/mol. The van der Waals surface area contributed by atoms with Gasteiger partial charge in [0.1, 0.15) is 18.3 Å². The van der Waals surface area contributed by atoms with Gasteiger partial charge in [0.25, 0.3) is 15.7 Å². The van der Waals surface area contributed by atoms with Crippen LogP contribution in [-0.2, 0) is 32.6 Å². The van der Waals surface area contributed by atoms with Crippen molar-refractivity contribution in [2.45, 2.75) is 57.1 Å². The van der Waals surface area contributed by atoms with Gasteiger partial charge in [0.15, 0.2) is 0 Å². The number of nitro groups is 1. The Hall–Kier alpha value is -4.94. The van der Waals surface area contributed by atoms with E-state index in [0.717, 1.165) is 15.9 Å². The Kier molecular flexibility index (Phi) is 11.7. The van der Waals surface area contributed by atoms with Crippen LogP contribution in [0.25, 0.3) is 0 Å². The van der Waals surface area contributed by atoms with Gasteiger partial charge in [0, 0.05) is 35.2 Å². The Morgan fingerprint density at radius 2 is 1.57 bits per heavy atom. The number of anilines is 1. The van der Waals surface area contributed by atoms with Gasteiger partial charge in [-0.05, 0) is 81.3 Å². The maximum Gasteiger partial charge on any atom is 0.273 e. The molecule has 4 aromatic carbocycles. The van der Waals surface area contributed by atoms with Gasteiger partial charge in [-0.25, -0.2) is 8.42 Å². The van der Waals surface area contributed by atoms with Crippen molar-refractivity contribution in [3.8, 4) is 5.75 Å². The third-order valence-corrected chi connectivity index (χ3v) is 9.66. The Balaban J connectivity index is 1.85. The quantitative estimate of drug-likeness (QED) is 0.127. The molecule has 0 saturated carbocycles. The predicted molar refractivity (Wildman–Crippen MR) is 189 cm³/mol. The first-order valence-corrected chi connectivity index (χ1v) is 17.2. The molecule has 1 N–H and O–H groups in total. The number of nitro benzene ring substituents is 1. The second-order valence-corrected chi connectivity index (χ2v) is 14.8. The highest BCUT2D eigenvalue weighted by atomic mass is 35.5. The van der Waals surface area contributed by atoms with Crippen molar-refractivity contribution in [1.29, 1.82) is 0 Å². The lowest BCUT2D eigenvalue weighted by Gasteiger charge is -2.35. The molecule has 0 aromatic heterocycles. The number of hydrogen-bond acceptors (Lipinski definition) is 7. The van der Waals surface area contributed by atoms with Crippen LogP contribution in [0, 0.1) is 17.0 Å². The summed E-state index contributed by atoms with van der Waals surface area (Å²) < 4.78 is 34.8. The number of sulfonamides is 1. The van der Waals surface area contributed by atoms with E-state index in [9.17, 15) is 28.1 Å². The lowest BCUT2D eigenvalue weighted by atomic mass is 10.0. The van der Waals surface area contributed by atoms with E-state index < -0.39 is 44.9 Å². The maximum absolute atomic E-state index is 14.6. The van der Waals surface area contributed by atoms with Gasteiger partial charge in [-0.3, -0.25) is 24.0 Å². The van der Waals surface area contributed by atoms with Gasteiger partial charge in [-0.1, -0.05) is 60.1 Å². The molecule has 0 saturated heterocycles. The number of ether oxygens (including phenoxy) is 1. The van der Waals surface area contributed by atoms with Crippen molar-refractivity contribution in [1.82, 2.24) is 10.2 Å². The number of benzene rings is 4. The summed E-state index contributed by atoms with van der Waals surface area (Å²) in [6.45, 7) is 6.22. The van der Waals surface area contributed by atoms with E-state index in [1.165, 1.54) is 43.2 Å². The zero-order chi connectivity index (χ0) is 35.9. The molecule has 0 aliphatic heterocycles. The van der Waals surface area contributed by atoms with E-state index >= 15 is 0 Å². The molecule has 11 nitrogen and oxygen atoms in total. The molecule has 1 atom stereocenters. The van der Waals surface area contributed by atoms with Crippen LogP contribution in [0.1, 0.15) is 37.5 Å². The van der Waals surface area contributed by atoms with E-state index in [1.54, 1.807) is 36.4 Å². The van der Waals surface area contributed by atoms with E-state index in [1.807, 2.05) is 51.1 Å². The molecule has 0 aliphatic rings. The Morgan fingerprint density at radius 1 is 0.939 bits per heavy atom. The predicted octanol–water partition coefficient (Wildman–Crippen LogP) is 6.32. The summed E-state index contributed by atoms with van der Waals surface area (Å²) in [6, 6.07) is 24.6. The fourth-order valence-corrected chi connectivity index (χ4v) is 6.70. The molecule has 2 amide bonds. The summed E-state index contributed by atoms with van der Waals surface area (Å²) in [5.74, 6) is -0.655. The Morgan fingerprint density at radius 3 is 2.14 bits per heavy atom. The minimum atomic E-state index is -4.56. The number of rotatable bonds is 13. The van der Waals surface area contributed by atoms with Crippen LogP contribution in [0.3, 0.4) is 0 Å². The molecule has 13 heteroatoms. The van der Waals surface area contributed by atoms with Gasteiger partial charge >= 0.3 is 0 Å². The lowest BCUT2D eigenvalue weighted by Crippen LogP contribution is -2.56. The zero-order valence-corrected chi connectivity index (χ0v) is 29.5. The molecular formula is C36H39ClN4O7S. The molecule has 0 bridgehead atoms. The standard InChI is InChI=1S/C36H39ClN4O7S/c1-25-11-20-31(22-32(25)41(44)45)49(46,47)40(29-16-18-30(48-5)19-17-29)24-34(42)39(23-27-12-14-28(37)15-13-27)33(35(43)38-36(2,3)4)21-26-9-7-6-8-10-26/h6-20,22,33H,21,23-24H2,1-5H3,(H,38,43)/t33-/m0/s1. The van der Waals surface area contributed by atoms with Gasteiger partial charge in [0.05, 0.1) is 22.6 Å². The largest absolute Gasteiger partial charge is 0.497 e. The summed E-state index contributed by atoms with van der Waals surface area (Å²) >= 11 is 6.14. The van der Waals surface area contributed by atoms with Gasteiger partial charge in [-0.15, -0.1) is 0 Å². The molecule has 0 radical (unpaired) electrons. The summed E-state index contributed by atoms with van der Waals surface area (Å²) in [5.41, 5.74) is 0.818. The Bertz CT molecular complexity index is 1900. The average molecular weight is 707 g/mol. The van der Waals surface area contributed by atoms with Crippen molar-refractivity contribution in [2.24, 2.45) is 0 Å². The number of amides is 2. The first-order valence-electron chi connectivity index (χ1n) is 15.4. The highest BCUT2D eigenvalue weighted by molar-refractivity contribution is 7.92. The zero-order valence-electron chi connectivity index (χ0n) is 27.9. The molecule has 0 fully saturated rings. The van der Waals surface area contributed by atoms with Crippen LogP contribution in [-0.4, -0.2) is 55.3 Å². The normalized spacial score (nSPS) is 12.1. The van der Waals surface area contributed by atoms with Crippen LogP contribution < -0.4 is 14.4 Å². The van der Waals surface area contributed by atoms with Crippen molar-refractivity contribution in [3.63, 3.8) is 0 Å². The fourth-order valence-electron chi connectivity index (χ4n) is 5.14. The van der Waals surface area contributed by atoms with E-state index in [0.29, 0.717) is 16.3 Å². The first-order chi connectivity index (χ1) is 23.1. The number of hydrogen-bond donors (Lipinski definition) is 1. The van der Waals surface area contributed by atoms with Crippen LogP contribution >= 0.6 is 11.6 Å². The van der Waals surface area contributed by atoms with Crippen molar-refractivity contribution < 1.29 is 27.7 Å². The minimum absolute atomic E-state index is 0.0441. The molecule has 0 heterocycles. The number of carbonyl (C=O) groups is 2. The van der Waals surface area contributed by atoms with Crippen molar-refractivity contribution in [2.75, 3.05) is 18.0 Å². The van der Waals surface area contributed by atoms with Crippen LogP contribution in [0.4, 0.5) is 11.4 Å². The van der Waals surface area contributed by atoms with Crippen LogP contribution in [0.2, 0.25) is 5.02 Å². The fraction of sp³-hybridized carbons (Fsp3) is 0.278. The molecule has 258 valence electrons. The van der Waals surface area contributed by atoms with E-state index in [2.05, 4.69) is 5.32 Å². The summed E-state index contributed by atoms with van der Waals surface area (Å²) in [4.78, 5) is 40.7. The number of aryl methyl sites for hydroxylation is 1. The average Bonchev–Trinajstić information content (AvgIpc) is 3.05. The first kappa shape index (κ1) is 36.9. The molecule has 0 spiro atoms. The third kappa shape index (κ3) is 9.58. The van der Waals surface area contributed by atoms with Crippen molar-refractivity contribution in [3.05, 3.63) is 129 Å². The van der Waals surface area contributed by atoms with Crippen LogP contribution in [0.15, 0.2) is 102 Å². The SMILES string of the molecule is COc1ccc(N(CC(=O)N(Cc2ccc(Cl)cc2)[C@@H](Cc2ccccc2)C(=O)NC(C)(C)C)S(=O)(=O)c2ccc(C)c([N+](=O)[O-])c2)cc1. The topological polar surface area (TPSA) is 139 Å². The molecule has 4 aromatic rings. The highest BCUT2D eigenvalue weighted by Crippen LogP contribution is 2.30. The summed E-state index contributed by atoms with van der Waals surface area (Å²) in [7, 11) is -3.10. The number of nitrogens with zero attached hydrogens (tertiary/aromatic N) is 3. The number of nitrogens with one attached hydrogen (secondary N) is 1. The second kappa shape index (κ2) is 15.5. The smallest absolute Gasteiger partial charge is 0.273 e. The van der Waals surface area contributed by atoms with Crippen LogP contribution in [0.5, 0.6) is 5.75 Å². The van der Waals surface area contributed by atoms with Gasteiger partial charge in [-0.2, -0.15) is 0 Å². The lowest BCUT2D eigenvalue weighted by molar-refractivity contribution is -0.385. The molecule has 0 aliphatic carbocycles. The number of carbonyl (C=O) groups excluding carboxylic acids is 2. The Labute approximate surface area is 291 Å². The maximum atomic E-state index is 14.6. The summed E-state index contributed by atoms with van der Waals surface area (Å²) in [6.07, 6.45) is 0.140. The second-order valence-electron chi connectivity index (χ2n) is 12.5. The van der Waals surface area contributed by atoms with Gasteiger partial charge in [0.2, 0.25) is 11.8 Å². The highest BCUT2D eigenvalue weighted by Gasteiger charge is 2.36. The summed E-state index contributed by atoms with van der Waals surface area (Å²) in [5, 5.41) is 15.2. The van der Waals surface area contributed by atoms with E-state index in [-0.39, 0.29) is 34.8 Å². The van der Waals surface area contributed by atoms with Crippen molar-refractivity contribution >= 4 is 44.8 Å². The molecule has 4 rings (SSSR count).